The van der Waals surface area contributed by atoms with Crippen LogP contribution >= 0.6 is 11.8 Å². The van der Waals surface area contributed by atoms with Crippen LogP contribution in [0.3, 0.4) is 0 Å². The van der Waals surface area contributed by atoms with Crippen LogP contribution in [0.25, 0.3) is 10.8 Å². The van der Waals surface area contributed by atoms with Crippen molar-refractivity contribution in [3.8, 4) is 0 Å². The number of oxime groups is 1. The molecule has 2 rings (SSSR count). The Balaban J connectivity index is 2.31. The molecule has 0 aliphatic rings. The van der Waals surface area contributed by atoms with E-state index in [1.54, 1.807) is 0 Å². The van der Waals surface area contributed by atoms with E-state index in [2.05, 4.69) is 9.44 Å². The molecule has 0 aromatic heterocycles. The van der Waals surface area contributed by atoms with Crippen LogP contribution in [0.1, 0.15) is 12.5 Å². The van der Waals surface area contributed by atoms with Gasteiger partial charge in [-0.1, -0.05) is 54.5 Å². The molecule has 1 N–H and O–H groups in total. The molecule has 0 aliphatic heterocycles. The Morgan fingerprint density at radius 1 is 1.24 bits per heavy atom. The summed E-state index contributed by atoms with van der Waals surface area (Å²) in [6.07, 6.45) is 0.440. The van der Waals surface area contributed by atoms with Crippen LogP contribution in [-0.2, 0) is 21.1 Å². The maximum atomic E-state index is 10.6. The number of benzene rings is 2. The van der Waals surface area contributed by atoms with Crippen molar-refractivity contribution in [1.29, 1.82) is 0 Å². The second-order valence-electron chi connectivity index (χ2n) is 4.24. The Hall–Kier alpha value is -1.57. The Morgan fingerprint density at radius 3 is 2.67 bits per heavy atom. The Bertz CT molecular complexity index is 751. The van der Waals surface area contributed by atoms with E-state index in [-0.39, 0.29) is 0 Å². The van der Waals surface area contributed by atoms with Gasteiger partial charge in [0.05, 0.1) is 0 Å². The monoisotopic (exact) mass is 325 g/mol. The molecule has 0 saturated heterocycles. The smallest absolute Gasteiger partial charge is 0.253 e. The molecule has 7 heteroatoms. The summed E-state index contributed by atoms with van der Waals surface area (Å²) in [6, 6.07) is 13.8. The predicted octanol–water partition coefficient (Wildman–Crippen LogP) is 3.27. The number of hydrogen-bond donors (Lipinski definition) is 1. The van der Waals surface area contributed by atoms with Gasteiger partial charge in [-0.05, 0) is 22.1 Å². The van der Waals surface area contributed by atoms with Crippen molar-refractivity contribution in [3.05, 3.63) is 48.0 Å². The second-order valence-corrected chi connectivity index (χ2v) is 6.58. The molecule has 0 radical (unpaired) electrons. The summed E-state index contributed by atoms with van der Waals surface area (Å²) in [5.41, 5.74) is 1.02. The van der Waals surface area contributed by atoms with Crippen molar-refractivity contribution >= 4 is 38.0 Å². The molecule has 5 nitrogen and oxygen atoms in total. The normalized spacial score (nSPS) is 12.6. The van der Waals surface area contributed by atoms with Crippen molar-refractivity contribution in [2.45, 2.75) is 13.3 Å². The van der Waals surface area contributed by atoms with Gasteiger partial charge >= 0.3 is 10.4 Å². The SMILES string of the molecule is CCS/C(Cc1cccc2ccccc12)=N\OS(=O)(=O)O. The maximum absolute atomic E-state index is 10.6. The first-order valence-corrected chi connectivity index (χ1v) is 8.67. The van der Waals surface area contributed by atoms with Crippen LogP contribution < -0.4 is 0 Å². The Labute approximate surface area is 127 Å². The lowest BCUT2D eigenvalue weighted by Crippen LogP contribution is -2.05. The highest BCUT2D eigenvalue weighted by molar-refractivity contribution is 8.13. The number of rotatable bonds is 5. The molecular formula is C14H15NO4S2. The highest BCUT2D eigenvalue weighted by Gasteiger charge is 2.09. The number of hydrogen-bond acceptors (Lipinski definition) is 5. The molecule has 112 valence electrons. The van der Waals surface area contributed by atoms with Gasteiger partial charge in [0, 0.05) is 6.42 Å². The van der Waals surface area contributed by atoms with E-state index in [0.29, 0.717) is 11.5 Å². The number of thioether (sulfide) groups is 1. The minimum Gasteiger partial charge on any atom is -0.253 e. The van der Waals surface area contributed by atoms with Crippen molar-refractivity contribution in [3.63, 3.8) is 0 Å². The fourth-order valence-corrected chi connectivity index (χ4v) is 2.89. The summed E-state index contributed by atoms with van der Waals surface area (Å²) in [4.78, 5) is 0. The molecule has 2 aromatic carbocycles. The van der Waals surface area contributed by atoms with Crippen molar-refractivity contribution < 1.29 is 17.3 Å². The van der Waals surface area contributed by atoms with Gasteiger partial charge in [0.1, 0.15) is 5.04 Å². The van der Waals surface area contributed by atoms with Crippen LogP contribution in [0.4, 0.5) is 0 Å². The van der Waals surface area contributed by atoms with Crippen LogP contribution in [0.2, 0.25) is 0 Å². The van der Waals surface area contributed by atoms with E-state index >= 15 is 0 Å². The lowest BCUT2D eigenvalue weighted by atomic mass is 10.0. The van der Waals surface area contributed by atoms with Crippen molar-refractivity contribution in [2.24, 2.45) is 5.16 Å². The zero-order valence-electron chi connectivity index (χ0n) is 11.4. The zero-order chi connectivity index (χ0) is 15.3. The molecule has 0 fully saturated rings. The Kier molecular flexibility index (Phi) is 5.22. The molecule has 0 bridgehead atoms. The fraction of sp³-hybridized carbons (Fsp3) is 0.214. The van der Waals surface area contributed by atoms with E-state index in [9.17, 15) is 8.42 Å². The summed E-state index contributed by atoms with van der Waals surface area (Å²) >= 11 is 1.37. The number of fused-ring (bicyclic) bond motifs is 1. The first-order chi connectivity index (χ1) is 9.99. The number of nitrogens with zero attached hydrogens (tertiary/aromatic N) is 1. The lowest BCUT2D eigenvalue weighted by molar-refractivity contribution is 0.283. The topological polar surface area (TPSA) is 76.0 Å². The Morgan fingerprint density at radius 2 is 1.95 bits per heavy atom. The lowest BCUT2D eigenvalue weighted by Gasteiger charge is -2.07. The van der Waals surface area contributed by atoms with Gasteiger partial charge < -0.3 is 0 Å². The highest BCUT2D eigenvalue weighted by atomic mass is 32.3. The summed E-state index contributed by atoms with van der Waals surface area (Å²) in [7, 11) is -4.57. The average Bonchev–Trinajstić information content (AvgIpc) is 2.44. The highest BCUT2D eigenvalue weighted by Crippen LogP contribution is 2.21. The summed E-state index contributed by atoms with van der Waals surface area (Å²) in [5.74, 6) is 0.721. The van der Waals surface area contributed by atoms with E-state index in [0.717, 1.165) is 22.1 Å². The quantitative estimate of drug-likeness (QED) is 0.395. The van der Waals surface area contributed by atoms with Crippen molar-refractivity contribution in [2.75, 3.05) is 5.75 Å². The maximum Gasteiger partial charge on any atom is 0.466 e. The van der Waals surface area contributed by atoms with Crippen molar-refractivity contribution in [1.82, 2.24) is 0 Å². The summed E-state index contributed by atoms with van der Waals surface area (Å²) in [6.45, 7) is 1.93. The van der Waals surface area contributed by atoms with E-state index in [1.807, 2.05) is 49.4 Å². The molecule has 0 amide bonds. The third kappa shape index (κ3) is 4.73. The van der Waals surface area contributed by atoms with Gasteiger partial charge in [-0.25, -0.2) is 4.28 Å². The van der Waals surface area contributed by atoms with Gasteiger partial charge in [-0.3, -0.25) is 4.55 Å². The van der Waals surface area contributed by atoms with Crippen LogP contribution in [-0.4, -0.2) is 23.8 Å². The zero-order valence-corrected chi connectivity index (χ0v) is 13.0. The molecule has 0 saturated carbocycles. The molecule has 0 heterocycles. The first-order valence-electron chi connectivity index (χ1n) is 6.32. The largest absolute Gasteiger partial charge is 0.466 e. The van der Waals surface area contributed by atoms with Crippen LogP contribution in [0.15, 0.2) is 47.6 Å². The molecule has 2 aromatic rings. The van der Waals surface area contributed by atoms with E-state index in [4.69, 9.17) is 4.55 Å². The molecule has 0 aliphatic carbocycles. The van der Waals surface area contributed by atoms with E-state index in [1.165, 1.54) is 11.8 Å². The van der Waals surface area contributed by atoms with Crippen LogP contribution in [0.5, 0.6) is 0 Å². The van der Waals surface area contributed by atoms with Gasteiger partial charge in [-0.15, -0.1) is 11.8 Å². The minimum atomic E-state index is -4.57. The van der Waals surface area contributed by atoms with E-state index < -0.39 is 10.4 Å². The first kappa shape index (κ1) is 15.8. The molecule has 0 atom stereocenters. The molecule has 0 unspecified atom stereocenters. The molecular weight excluding hydrogens is 310 g/mol. The van der Waals surface area contributed by atoms with Gasteiger partial charge in [0.2, 0.25) is 0 Å². The summed E-state index contributed by atoms with van der Waals surface area (Å²) in [5, 5.41) is 6.20. The third-order valence-corrected chi connectivity index (χ3v) is 3.87. The van der Waals surface area contributed by atoms with Gasteiger partial charge in [0.25, 0.3) is 0 Å². The second kappa shape index (κ2) is 6.93. The summed E-state index contributed by atoms with van der Waals surface area (Å²) < 4.78 is 34.0. The average molecular weight is 325 g/mol. The predicted molar refractivity (Wildman–Crippen MR) is 85.9 cm³/mol. The molecule has 0 spiro atoms. The third-order valence-electron chi connectivity index (χ3n) is 2.77. The van der Waals surface area contributed by atoms with Gasteiger partial charge in [0.15, 0.2) is 0 Å². The molecule has 21 heavy (non-hydrogen) atoms. The van der Waals surface area contributed by atoms with Crippen LogP contribution in [0, 0.1) is 0 Å². The van der Waals surface area contributed by atoms with Gasteiger partial charge in [-0.2, -0.15) is 8.42 Å². The fourth-order valence-electron chi connectivity index (χ4n) is 1.97. The minimum absolute atomic E-state index is 0.440. The standard InChI is InChI=1S/C14H15NO4S2/c1-2-20-14(15-19-21(16,17)18)10-12-8-5-7-11-6-3-4-9-13(11)12/h3-9H,2,10H2,1H3,(H,16,17,18)/b15-14-.